The Morgan fingerprint density at radius 1 is 0.230 bits per heavy atom. The Hall–Kier alpha value is -15.3. The lowest BCUT2D eigenvalue weighted by atomic mass is 9.80. The molecule has 3 aliphatic rings. The summed E-state index contributed by atoms with van der Waals surface area (Å²) < 4.78 is 7.28. The second-order valence-electron chi connectivity index (χ2n) is 32.9. The fourth-order valence-electron chi connectivity index (χ4n) is 21.2. The lowest BCUT2D eigenvalue weighted by Gasteiger charge is -2.32. The van der Waals surface area contributed by atoms with Gasteiger partial charge in [-0.3, -0.25) is 0 Å². The zero-order valence-corrected chi connectivity index (χ0v) is 69.1. The predicted octanol–water partition coefficient (Wildman–Crippen LogP) is 21.9. The Labute approximate surface area is 708 Å². The van der Waals surface area contributed by atoms with Crippen LogP contribution < -0.4 is 41.5 Å². The molecule has 0 radical (unpaired) electrons. The first-order chi connectivity index (χ1) is 60.3. The summed E-state index contributed by atoms with van der Waals surface area (Å²) in [6.07, 6.45) is 0. The quantitative estimate of drug-likeness (QED) is 0.121. The maximum Gasteiger partial charge on any atom is 0.185 e. The molecule has 22 aromatic rings. The first-order valence-corrected chi connectivity index (χ1v) is 46.1. The van der Waals surface area contributed by atoms with E-state index in [1.54, 1.807) is 0 Å². The van der Waals surface area contributed by atoms with Crippen LogP contribution in [0.2, 0.25) is 0 Å². The number of fused-ring (bicyclic) bond motifs is 20. The van der Waals surface area contributed by atoms with Crippen molar-refractivity contribution in [1.82, 2.24) is 33.6 Å². The molecule has 0 saturated heterocycles. The molecule has 0 unspecified atom stereocenters. The molecule has 122 heavy (non-hydrogen) atoms. The predicted molar refractivity (Wildman–Crippen MR) is 512 cm³/mol. The molecular weight excluding hydrogens is 1510 g/mol. The normalized spacial score (nSPS) is 13.5. The zero-order valence-electron chi connectivity index (χ0n) is 67.1. The van der Waals surface area contributed by atoms with Gasteiger partial charge in [0, 0.05) is 98.5 Å². The second-order valence-corrected chi connectivity index (χ2v) is 40.3. The Kier molecular flexibility index (Phi) is 16.2. The van der Waals surface area contributed by atoms with Gasteiger partial charge in [-0.2, -0.15) is 0 Å². The van der Waals surface area contributed by atoms with Crippen molar-refractivity contribution in [2.24, 2.45) is 0 Å². The Balaban J connectivity index is 0.000000138. The molecule has 17 aromatic carbocycles. The average molecular weight is 1590 g/mol. The number of rotatable bonds is 11. The summed E-state index contributed by atoms with van der Waals surface area (Å²) in [4.78, 5) is 22.4. The third-order valence-corrected chi connectivity index (χ3v) is 36.0. The smallest absolute Gasteiger partial charge is 0.185 e. The number of para-hydroxylation sites is 4. The van der Waals surface area contributed by atoms with Crippen LogP contribution in [0, 0.1) is 0 Å². The third-order valence-electron chi connectivity index (χ3n) is 26.3. The van der Waals surface area contributed by atoms with Crippen LogP contribution in [-0.2, 0) is 5.41 Å². The van der Waals surface area contributed by atoms with Crippen LogP contribution in [0.1, 0.15) is 25.0 Å². The fraction of sp³-hybridized carbons (Fsp3) is 0.0265. The Morgan fingerprint density at radius 3 is 1.04 bits per heavy atom. The highest BCUT2D eigenvalue weighted by atomic mass is 28.3. The molecule has 7 heterocycles. The molecule has 0 fully saturated rings. The molecule has 0 saturated carbocycles. The molecule has 2 aliphatic heterocycles. The van der Waals surface area contributed by atoms with Crippen molar-refractivity contribution in [2.45, 2.75) is 19.3 Å². The molecule has 0 N–H and O–H groups in total. The van der Waals surface area contributed by atoms with E-state index >= 15 is 0 Å². The summed E-state index contributed by atoms with van der Waals surface area (Å²) in [5, 5.41) is 18.1. The second kappa shape index (κ2) is 27.9. The monoisotopic (exact) mass is 1590 g/mol. The molecule has 1 aliphatic carbocycles. The molecule has 5 aromatic heterocycles. The molecular formula is C113H77N7Si2. The lowest BCUT2D eigenvalue weighted by Crippen LogP contribution is -2.73. The van der Waals surface area contributed by atoms with Gasteiger partial charge in [-0.25, -0.2) is 19.9 Å². The van der Waals surface area contributed by atoms with Crippen molar-refractivity contribution >= 4 is 123 Å². The molecule has 7 nitrogen and oxygen atoms in total. The van der Waals surface area contributed by atoms with Crippen molar-refractivity contribution in [2.75, 3.05) is 0 Å². The minimum absolute atomic E-state index is 0.119. The first-order valence-electron chi connectivity index (χ1n) is 42.1. The van der Waals surface area contributed by atoms with Crippen molar-refractivity contribution in [3.63, 3.8) is 0 Å². The van der Waals surface area contributed by atoms with E-state index in [1.807, 2.05) is 0 Å². The van der Waals surface area contributed by atoms with E-state index in [-0.39, 0.29) is 5.41 Å². The maximum absolute atomic E-state index is 5.61. The van der Waals surface area contributed by atoms with Crippen LogP contribution >= 0.6 is 0 Å². The van der Waals surface area contributed by atoms with Gasteiger partial charge in [-0.15, -0.1) is 0 Å². The van der Waals surface area contributed by atoms with Gasteiger partial charge >= 0.3 is 0 Å². The van der Waals surface area contributed by atoms with Crippen molar-refractivity contribution in [3.8, 4) is 96.0 Å². The van der Waals surface area contributed by atoms with Crippen LogP contribution in [0.25, 0.3) is 161 Å². The third kappa shape index (κ3) is 10.4. The molecule has 0 amide bonds. The van der Waals surface area contributed by atoms with E-state index in [0.717, 1.165) is 84.8 Å². The van der Waals surface area contributed by atoms with E-state index in [9.17, 15) is 0 Å². The standard InChI is InChI=1S/C58H38N4Si.C55H39N3Si/c1-5-19-39(20-6-1)54-57-55(48-29-15-18-32-52(48)63(57,43-23-9-3-10-24-43)44-25-11-4-12-26-44)60-58(59-54)40-33-35-42(36-34-40)61-50-31-17-14-28-47(50)53-51(61)38-37-46-45-27-13-16-30-49(45)62(56(46)53)41-21-7-2-8-22-41;1-55(2)45-27-15-12-24-41(45)42-34-35-47-49(50(42)55)43-25-13-16-28-46(43)58(47)38-32-30-37(31-33-38)54-56-51(36-18-6-3-7-19-36)53-52(57-54)44-26-14-17-29-48(44)59(53,39-20-8-4-9-21-39)40-22-10-5-11-23-40/h1-38H;3-35H,1-2H3. The highest BCUT2D eigenvalue weighted by molar-refractivity contribution is 7.23. The number of aromatic nitrogens is 7. The molecule has 25 rings (SSSR count). The van der Waals surface area contributed by atoms with Gasteiger partial charge in [0.15, 0.2) is 27.8 Å². The van der Waals surface area contributed by atoms with Crippen LogP contribution in [0.5, 0.6) is 0 Å². The van der Waals surface area contributed by atoms with Gasteiger partial charge in [0.1, 0.15) is 0 Å². The maximum atomic E-state index is 5.61. The summed E-state index contributed by atoms with van der Waals surface area (Å²) in [5.41, 5.74) is 26.5. The summed E-state index contributed by atoms with van der Waals surface area (Å²) in [5.74, 6) is 1.45. The molecule has 0 atom stereocenters. The largest absolute Gasteiger partial charge is 0.309 e. The molecule has 0 spiro atoms. The summed E-state index contributed by atoms with van der Waals surface area (Å²) in [6, 6.07) is 157. The van der Waals surface area contributed by atoms with E-state index < -0.39 is 16.1 Å². The van der Waals surface area contributed by atoms with E-state index in [0.29, 0.717) is 0 Å². The summed E-state index contributed by atoms with van der Waals surface area (Å²) >= 11 is 0. The molecule has 0 bridgehead atoms. The number of nitrogens with zero attached hydrogens (tertiary/aromatic N) is 7. The number of hydrogen-bond donors (Lipinski definition) is 0. The van der Waals surface area contributed by atoms with Crippen LogP contribution in [0.4, 0.5) is 0 Å². The topological polar surface area (TPSA) is 66.3 Å². The average Bonchev–Trinajstić information content (AvgIpc) is 1.54. The highest BCUT2D eigenvalue weighted by Crippen LogP contribution is 2.54. The SMILES string of the molecule is CC1(C)c2ccccc2-c2ccc3c(c21)c1ccccc1n3-c1ccc(-c2nc(-c3ccccc3)c3c(n2)-c2ccccc2[Si]3(c2ccccc2)c2ccccc2)cc1.c1ccc(-c2nc(-c3ccc(-n4c5ccccc5c5c4ccc4c6ccccc6n(-c6ccccc6)c45)cc3)nc3c2[Si](c2ccccc2)(c2ccccc2)c2ccccc2-3)cc1. The van der Waals surface area contributed by atoms with E-state index in [2.05, 4.69) is 458 Å². The Bertz CT molecular complexity index is 7850. The summed E-state index contributed by atoms with van der Waals surface area (Å²) in [7, 11) is -5.70. The number of benzene rings is 17. The van der Waals surface area contributed by atoms with Crippen LogP contribution in [0.3, 0.4) is 0 Å². The van der Waals surface area contributed by atoms with Crippen molar-refractivity contribution < 1.29 is 0 Å². The highest BCUT2D eigenvalue weighted by Gasteiger charge is 2.54. The Morgan fingerprint density at radius 2 is 0.574 bits per heavy atom. The fourth-order valence-corrected chi connectivity index (χ4v) is 31.7. The van der Waals surface area contributed by atoms with Gasteiger partial charge in [0.05, 0.1) is 55.9 Å². The van der Waals surface area contributed by atoms with Crippen molar-refractivity contribution in [3.05, 3.63) is 442 Å². The minimum atomic E-state index is -2.86. The van der Waals surface area contributed by atoms with Gasteiger partial charge in [0.2, 0.25) is 0 Å². The first kappa shape index (κ1) is 70.9. The van der Waals surface area contributed by atoms with Gasteiger partial charge < -0.3 is 13.7 Å². The lowest BCUT2D eigenvalue weighted by molar-refractivity contribution is 0.666. The van der Waals surface area contributed by atoms with Gasteiger partial charge in [-0.05, 0) is 144 Å². The van der Waals surface area contributed by atoms with E-state index in [4.69, 9.17) is 19.9 Å². The van der Waals surface area contributed by atoms with E-state index in [1.165, 1.54) is 129 Å². The van der Waals surface area contributed by atoms with Crippen LogP contribution in [-0.4, -0.2) is 49.8 Å². The molecule has 572 valence electrons. The summed E-state index contributed by atoms with van der Waals surface area (Å²) in [6.45, 7) is 4.76. The number of hydrogen-bond acceptors (Lipinski definition) is 4. The minimum Gasteiger partial charge on any atom is -0.309 e. The zero-order chi connectivity index (χ0) is 80.8. The van der Waals surface area contributed by atoms with Gasteiger partial charge in [0.25, 0.3) is 0 Å². The molecule has 9 heteroatoms. The van der Waals surface area contributed by atoms with Crippen LogP contribution in [0.15, 0.2) is 431 Å². The van der Waals surface area contributed by atoms with Crippen molar-refractivity contribution in [1.29, 1.82) is 0 Å². The van der Waals surface area contributed by atoms with Gasteiger partial charge in [-0.1, -0.05) is 354 Å².